The number of rotatable bonds is 1. The molecule has 1 heterocycles. The molecule has 1 saturated carbocycles. The Balaban J connectivity index is 1.75. The van der Waals surface area contributed by atoms with E-state index in [1.165, 1.54) is 42.9 Å². The summed E-state index contributed by atoms with van der Waals surface area (Å²) in [6.07, 6.45) is 10.8. The fourth-order valence-electron chi connectivity index (χ4n) is 3.75. The summed E-state index contributed by atoms with van der Waals surface area (Å²) in [5.41, 5.74) is 1.14. The topological polar surface area (TPSA) is 17.1 Å². The van der Waals surface area contributed by atoms with Crippen LogP contribution in [0.2, 0.25) is 0 Å². The van der Waals surface area contributed by atoms with Crippen molar-refractivity contribution in [3.05, 3.63) is 48.0 Å². The number of hydrogen-bond acceptors (Lipinski definition) is 1. The van der Waals surface area contributed by atoms with Crippen molar-refractivity contribution in [2.75, 3.05) is 0 Å². The SMILES string of the molecule is O=S1c2cc3ccccc3cc2C=CC1C1CCCCC1. The van der Waals surface area contributed by atoms with Crippen LogP contribution in [0.3, 0.4) is 0 Å². The van der Waals surface area contributed by atoms with Gasteiger partial charge in [-0.15, -0.1) is 0 Å². The molecule has 0 saturated heterocycles. The second-order valence-electron chi connectivity index (χ2n) is 6.26. The summed E-state index contributed by atoms with van der Waals surface area (Å²) >= 11 is 0. The molecule has 0 radical (unpaired) electrons. The molecule has 2 aliphatic rings. The first-order valence-corrected chi connectivity index (χ1v) is 9.16. The maximum atomic E-state index is 13.0. The Bertz CT molecular complexity index is 725. The Labute approximate surface area is 128 Å². The number of benzene rings is 2. The summed E-state index contributed by atoms with van der Waals surface area (Å²) in [6, 6.07) is 12.7. The van der Waals surface area contributed by atoms with Gasteiger partial charge in [-0.1, -0.05) is 55.7 Å². The van der Waals surface area contributed by atoms with Crippen LogP contribution < -0.4 is 0 Å². The van der Waals surface area contributed by atoms with Gasteiger partial charge in [0.05, 0.1) is 16.0 Å². The van der Waals surface area contributed by atoms with E-state index in [-0.39, 0.29) is 5.25 Å². The summed E-state index contributed by atoms with van der Waals surface area (Å²) in [7, 11) is -0.893. The van der Waals surface area contributed by atoms with Crippen LogP contribution in [0, 0.1) is 5.92 Å². The molecule has 1 aliphatic carbocycles. The fourth-order valence-corrected chi connectivity index (χ4v) is 5.49. The zero-order valence-corrected chi connectivity index (χ0v) is 12.9. The highest BCUT2D eigenvalue weighted by Crippen LogP contribution is 2.36. The largest absolute Gasteiger partial charge is 0.254 e. The highest BCUT2D eigenvalue weighted by Gasteiger charge is 2.30. The van der Waals surface area contributed by atoms with E-state index in [0.29, 0.717) is 5.92 Å². The minimum absolute atomic E-state index is 0.221. The van der Waals surface area contributed by atoms with E-state index < -0.39 is 10.8 Å². The quantitative estimate of drug-likeness (QED) is 0.729. The van der Waals surface area contributed by atoms with Gasteiger partial charge in [0.15, 0.2) is 0 Å². The molecule has 0 amide bonds. The van der Waals surface area contributed by atoms with Crippen molar-refractivity contribution in [1.29, 1.82) is 0 Å². The third-order valence-corrected chi connectivity index (χ3v) is 6.75. The molecule has 108 valence electrons. The van der Waals surface area contributed by atoms with Crippen LogP contribution in [0.5, 0.6) is 0 Å². The smallest absolute Gasteiger partial charge is 0.0608 e. The first kappa shape index (κ1) is 13.3. The highest BCUT2D eigenvalue weighted by molar-refractivity contribution is 7.86. The highest BCUT2D eigenvalue weighted by atomic mass is 32.2. The van der Waals surface area contributed by atoms with Crippen molar-refractivity contribution >= 4 is 27.6 Å². The van der Waals surface area contributed by atoms with Crippen molar-refractivity contribution in [2.45, 2.75) is 42.2 Å². The molecule has 0 bridgehead atoms. The van der Waals surface area contributed by atoms with E-state index in [1.54, 1.807) is 0 Å². The predicted octanol–water partition coefficient (Wildman–Crippen LogP) is 4.92. The molecule has 2 aromatic rings. The molecule has 0 aromatic heterocycles. The third kappa shape index (κ3) is 2.36. The molecule has 0 N–H and O–H groups in total. The summed E-state index contributed by atoms with van der Waals surface area (Å²) < 4.78 is 13.0. The maximum absolute atomic E-state index is 13.0. The summed E-state index contributed by atoms with van der Waals surface area (Å²) in [6.45, 7) is 0. The molecule has 21 heavy (non-hydrogen) atoms. The molecule has 2 aromatic carbocycles. The molecule has 1 fully saturated rings. The predicted molar refractivity (Wildman–Crippen MR) is 89.8 cm³/mol. The molecule has 1 aliphatic heterocycles. The van der Waals surface area contributed by atoms with Crippen LogP contribution >= 0.6 is 0 Å². The van der Waals surface area contributed by atoms with Gasteiger partial charge in [0.25, 0.3) is 0 Å². The molecule has 2 atom stereocenters. The van der Waals surface area contributed by atoms with Crippen molar-refractivity contribution in [3.63, 3.8) is 0 Å². The number of fused-ring (bicyclic) bond motifs is 2. The van der Waals surface area contributed by atoms with Crippen LogP contribution in [0.15, 0.2) is 47.4 Å². The van der Waals surface area contributed by atoms with E-state index in [0.717, 1.165) is 10.5 Å². The van der Waals surface area contributed by atoms with Gasteiger partial charge in [-0.05, 0) is 47.2 Å². The molecule has 4 rings (SSSR count). The van der Waals surface area contributed by atoms with E-state index in [1.807, 2.05) is 0 Å². The monoisotopic (exact) mass is 296 g/mol. The Morgan fingerprint density at radius 3 is 2.43 bits per heavy atom. The molecular formula is C19H20OS. The van der Waals surface area contributed by atoms with Crippen molar-refractivity contribution in [1.82, 2.24) is 0 Å². The van der Waals surface area contributed by atoms with E-state index in [2.05, 4.69) is 48.6 Å². The van der Waals surface area contributed by atoms with Gasteiger partial charge in [0.2, 0.25) is 0 Å². The van der Waals surface area contributed by atoms with Gasteiger partial charge < -0.3 is 0 Å². The van der Waals surface area contributed by atoms with Crippen LogP contribution in [0.1, 0.15) is 37.7 Å². The van der Waals surface area contributed by atoms with Crippen LogP contribution in [0.4, 0.5) is 0 Å². The summed E-state index contributed by atoms with van der Waals surface area (Å²) in [5, 5.41) is 2.65. The zero-order chi connectivity index (χ0) is 14.2. The lowest BCUT2D eigenvalue weighted by Gasteiger charge is -2.30. The summed E-state index contributed by atoms with van der Waals surface area (Å²) in [5.74, 6) is 0.607. The zero-order valence-electron chi connectivity index (χ0n) is 12.1. The first-order valence-electron chi connectivity index (χ1n) is 7.94. The van der Waals surface area contributed by atoms with Crippen LogP contribution in [-0.4, -0.2) is 9.46 Å². The van der Waals surface area contributed by atoms with Gasteiger partial charge in [-0.25, -0.2) is 0 Å². The van der Waals surface area contributed by atoms with Gasteiger partial charge in [0, 0.05) is 4.90 Å². The lowest BCUT2D eigenvalue weighted by Crippen LogP contribution is -2.27. The minimum atomic E-state index is -0.893. The standard InChI is InChI=1S/C19H20OS/c20-21-18(14-6-2-1-3-7-14)11-10-17-12-15-8-4-5-9-16(15)13-19(17)21/h4-5,8-14,18H,1-3,6-7H2. The normalized spacial score (nSPS) is 25.9. The Kier molecular flexibility index (Phi) is 3.42. The van der Waals surface area contributed by atoms with E-state index in [4.69, 9.17) is 0 Å². The Morgan fingerprint density at radius 1 is 0.952 bits per heavy atom. The Morgan fingerprint density at radius 2 is 1.67 bits per heavy atom. The fraction of sp³-hybridized carbons (Fsp3) is 0.368. The lowest BCUT2D eigenvalue weighted by molar-refractivity contribution is 0.364. The number of hydrogen-bond donors (Lipinski definition) is 0. The van der Waals surface area contributed by atoms with Gasteiger partial charge >= 0.3 is 0 Å². The molecule has 2 heteroatoms. The van der Waals surface area contributed by atoms with Crippen LogP contribution in [-0.2, 0) is 10.8 Å². The molecule has 0 spiro atoms. The van der Waals surface area contributed by atoms with E-state index in [9.17, 15) is 4.21 Å². The van der Waals surface area contributed by atoms with Gasteiger partial charge in [-0.2, -0.15) is 0 Å². The van der Waals surface area contributed by atoms with Crippen molar-refractivity contribution in [3.8, 4) is 0 Å². The third-order valence-electron chi connectivity index (χ3n) is 4.92. The Hall–Kier alpha value is -1.41. The maximum Gasteiger partial charge on any atom is 0.0608 e. The van der Waals surface area contributed by atoms with E-state index >= 15 is 0 Å². The van der Waals surface area contributed by atoms with Crippen LogP contribution in [0.25, 0.3) is 16.8 Å². The van der Waals surface area contributed by atoms with Gasteiger partial charge in [0.1, 0.15) is 0 Å². The second-order valence-corrected chi connectivity index (χ2v) is 7.84. The first-order chi connectivity index (χ1) is 10.3. The second kappa shape index (κ2) is 5.42. The summed E-state index contributed by atoms with van der Waals surface area (Å²) in [4.78, 5) is 1.03. The molecule has 2 unspecified atom stereocenters. The molecular weight excluding hydrogens is 276 g/mol. The minimum Gasteiger partial charge on any atom is -0.254 e. The average molecular weight is 296 g/mol. The van der Waals surface area contributed by atoms with Crippen molar-refractivity contribution in [2.24, 2.45) is 5.92 Å². The average Bonchev–Trinajstić information content (AvgIpc) is 2.55. The molecule has 1 nitrogen and oxygen atoms in total. The lowest BCUT2D eigenvalue weighted by atomic mass is 9.86. The van der Waals surface area contributed by atoms with Crippen molar-refractivity contribution < 1.29 is 4.21 Å². The van der Waals surface area contributed by atoms with Gasteiger partial charge in [-0.3, -0.25) is 4.21 Å².